The predicted octanol–water partition coefficient (Wildman–Crippen LogP) is 1.92. The lowest BCUT2D eigenvalue weighted by Gasteiger charge is -2.33. The van der Waals surface area contributed by atoms with Crippen molar-refractivity contribution in [3.63, 3.8) is 0 Å². The van der Waals surface area contributed by atoms with Crippen molar-refractivity contribution in [3.8, 4) is 0 Å². The first kappa shape index (κ1) is 14.8. The molecule has 0 aliphatic carbocycles. The zero-order valence-corrected chi connectivity index (χ0v) is 13.1. The van der Waals surface area contributed by atoms with Crippen LogP contribution in [0, 0.1) is 6.92 Å². The van der Waals surface area contributed by atoms with Gasteiger partial charge in [-0.15, -0.1) is 5.10 Å². The van der Waals surface area contributed by atoms with E-state index in [0.717, 1.165) is 5.56 Å². The first-order valence-electron chi connectivity index (χ1n) is 7.19. The molecule has 1 amide bonds. The maximum absolute atomic E-state index is 12.3. The number of anilines is 1. The zero-order chi connectivity index (χ0) is 15.5. The molecule has 0 radical (unpaired) electrons. The maximum Gasteiger partial charge on any atom is 0.318 e. The molecule has 1 aliphatic rings. The summed E-state index contributed by atoms with van der Waals surface area (Å²) in [5.74, 6) is 0.680. The van der Waals surface area contributed by atoms with Gasteiger partial charge < -0.3 is 14.2 Å². The largest absolute Gasteiger partial charge is 0.408 e. The molecule has 22 heavy (non-hydrogen) atoms. The highest BCUT2D eigenvalue weighted by molar-refractivity contribution is 6.30. The lowest BCUT2D eigenvalue weighted by Crippen LogP contribution is -2.49. The molecule has 1 aromatic heterocycles. The van der Waals surface area contributed by atoms with Crippen molar-refractivity contribution in [2.75, 3.05) is 31.1 Å². The van der Waals surface area contributed by atoms with Crippen LogP contribution in [0.3, 0.4) is 0 Å². The lowest BCUT2D eigenvalue weighted by molar-refractivity contribution is -0.130. The van der Waals surface area contributed by atoms with E-state index in [9.17, 15) is 4.79 Å². The number of nitrogens with zero attached hydrogens (tertiary/aromatic N) is 4. The van der Waals surface area contributed by atoms with Crippen LogP contribution in [-0.4, -0.2) is 47.2 Å². The topological polar surface area (TPSA) is 62.5 Å². The Kier molecular flexibility index (Phi) is 4.29. The number of aryl methyl sites for hydroxylation is 1. The van der Waals surface area contributed by atoms with E-state index in [1.165, 1.54) is 0 Å². The summed E-state index contributed by atoms with van der Waals surface area (Å²) >= 11 is 5.85. The van der Waals surface area contributed by atoms with Crippen LogP contribution in [0.4, 0.5) is 6.01 Å². The number of rotatable bonds is 3. The van der Waals surface area contributed by atoms with E-state index in [1.807, 2.05) is 21.9 Å². The number of hydrogen-bond donors (Lipinski definition) is 0. The number of halogens is 1. The average Bonchev–Trinajstić information content (AvgIpc) is 2.96. The molecule has 1 saturated heterocycles. The van der Waals surface area contributed by atoms with Gasteiger partial charge in [-0.05, 0) is 17.7 Å². The normalized spacial score (nSPS) is 15.2. The van der Waals surface area contributed by atoms with Gasteiger partial charge in [0.25, 0.3) is 0 Å². The fourth-order valence-electron chi connectivity index (χ4n) is 2.45. The first-order valence-corrected chi connectivity index (χ1v) is 7.57. The molecule has 116 valence electrons. The van der Waals surface area contributed by atoms with Crippen molar-refractivity contribution >= 4 is 23.5 Å². The fraction of sp³-hybridized carbons (Fsp3) is 0.400. The van der Waals surface area contributed by atoms with Gasteiger partial charge in [0.2, 0.25) is 11.8 Å². The van der Waals surface area contributed by atoms with Crippen molar-refractivity contribution in [1.29, 1.82) is 0 Å². The Balaban J connectivity index is 1.54. The summed E-state index contributed by atoms with van der Waals surface area (Å²) in [5.41, 5.74) is 0.976. The van der Waals surface area contributed by atoms with Crippen LogP contribution in [0.1, 0.15) is 11.5 Å². The van der Waals surface area contributed by atoms with Crippen LogP contribution < -0.4 is 4.90 Å². The van der Waals surface area contributed by atoms with E-state index in [-0.39, 0.29) is 5.91 Å². The molecular weight excluding hydrogens is 304 g/mol. The van der Waals surface area contributed by atoms with Gasteiger partial charge in [-0.1, -0.05) is 28.8 Å². The fourth-order valence-corrected chi connectivity index (χ4v) is 2.58. The van der Waals surface area contributed by atoms with Crippen LogP contribution in [0.15, 0.2) is 28.7 Å². The molecule has 0 atom stereocenters. The number of carbonyl (C=O) groups excluding carboxylic acids is 1. The zero-order valence-electron chi connectivity index (χ0n) is 12.3. The van der Waals surface area contributed by atoms with E-state index in [4.69, 9.17) is 16.0 Å². The molecule has 1 fully saturated rings. The van der Waals surface area contributed by atoms with E-state index in [0.29, 0.717) is 49.5 Å². The minimum absolute atomic E-state index is 0.128. The highest BCUT2D eigenvalue weighted by Gasteiger charge is 2.23. The molecule has 0 unspecified atom stereocenters. The highest BCUT2D eigenvalue weighted by atomic mass is 35.5. The molecule has 1 aromatic carbocycles. The first-order chi connectivity index (χ1) is 10.6. The summed E-state index contributed by atoms with van der Waals surface area (Å²) in [6.07, 6.45) is 0.400. The van der Waals surface area contributed by atoms with Crippen molar-refractivity contribution in [3.05, 3.63) is 40.7 Å². The third kappa shape index (κ3) is 3.39. The van der Waals surface area contributed by atoms with Gasteiger partial charge in [-0.3, -0.25) is 4.79 Å². The Bertz CT molecular complexity index is 648. The minimum atomic E-state index is 0.128. The second-order valence-corrected chi connectivity index (χ2v) is 5.71. The number of carbonyl (C=O) groups is 1. The Morgan fingerprint density at radius 3 is 2.45 bits per heavy atom. The van der Waals surface area contributed by atoms with Crippen molar-refractivity contribution in [1.82, 2.24) is 15.1 Å². The summed E-state index contributed by atoms with van der Waals surface area (Å²) in [4.78, 5) is 16.2. The molecule has 0 saturated carbocycles. The maximum atomic E-state index is 12.3. The van der Waals surface area contributed by atoms with E-state index >= 15 is 0 Å². The number of amides is 1. The summed E-state index contributed by atoms with van der Waals surface area (Å²) in [6, 6.07) is 7.91. The van der Waals surface area contributed by atoms with Gasteiger partial charge in [-0.2, -0.15) is 0 Å². The SMILES string of the molecule is Cc1nnc(N2CCN(C(=O)Cc3ccc(Cl)cc3)CC2)o1. The number of piperazine rings is 1. The predicted molar refractivity (Wildman–Crippen MR) is 83.0 cm³/mol. The smallest absolute Gasteiger partial charge is 0.318 e. The summed E-state index contributed by atoms with van der Waals surface area (Å²) < 4.78 is 5.41. The summed E-state index contributed by atoms with van der Waals surface area (Å²) in [5, 5.41) is 8.52. The minimum Gasteiger partial charge on any atom is -0.408 e. The van der Waals surface area contributed by atoms with Crippen molar-refractivity contribution < 1.29 is 9.21 Å². The third-order valence-electron chi connectivity index (χ3n) is 3.69. The van der Waals surface area contributed by atoms with Crippen LogP contribution >= 0.6 is 11.6 Å². The monoisotopic (exact) mass is 320 g/mol. The number of hydrogen-bond acceptors (Lipinski definition) is 5. The number of aromatic nitrogens is 2. The van der Waals surface area contributed by atoms with Crippen LogP contribution in [0.2, 0.25) is 5.02 Å². The Morgan fingerprint density at radius 1 is 1.18 bits per heavy atom. The standard InChI is InChI=1S/C15H17ClN4O2/c1-11-17-18-15(22-11)20-8-6-19(7-9-20)14(21)10-12-2-4-13(16)5-3-12/h2-5H,6-10H2,1H3. The lowest BCUT2D eigenvalue weighted by atomic mass is 10.1. The van der Waals surface area contributed by atoms with Gasteiger partial charge in [0, 0.05) is 38.1 Å². The Labute approximate surface area is 133 Å². The van der Waals surface area contributed by atoms with Gasteiger partial charge in [0.15, 0.2) is 0 Å². The van der Waals surface area contributed by atoms with E-state index in [1.54, 1.807) is 19.1 Å². The van der Waals surface area contributed by atoms with Crippen molar-refractivity contribution in [2.45, 2.75) is 13.3 Å². The molecule has 2 aromatic rings. The molecular formula is C15H17ClN4O2. The average molecular weight is 321 g/mol. The molecule has 2 heterocycles. The Hall–Kier alpha value is -2.08. The quantitative estimate of drug-likeness (QED) is 0.864. The van der Waals surface area contributed by atoms with Gasteiger partial charge in [0.05, 0.1) is 6.42 Å². The molecule has 3 rings (SSSR count). The molecule has 7 heteroatoms. The number of benzene rings is 1. The molecule has 1 aliphatic heterocycles. The highest BCUT2D eigenvalue weighted by Crippen LogP contribution is 2.15. The molecule has 0 N–H and O–H groups in total. The molecule has 0 bridgehead atoms. The molecule has 6 nitrogen and oxygen atoms in total. The molecule has 0 spiro atoms. The Morgan fingerprint density at radius 2 is 1.86 bits per heavy atom. The van der Waals surface area contributed by atoms with Crippen molar-refractivity contribution in [2.24, 2.45) is 0 Å². The van der Waals surface area contributed by atoms with Crippen LogP contribution in [0.25, 0.3) is 0 Å². The van der Waals surface area contributed by atoms with Gasteiger partial charge >= 0.3 is 6.01 Å². The van der Waals surface area contributed by atoms with Gasteiger partial charge in [0.1, 0.15) is 0 Å². The van der Waals surface area contributed by atoms with Crippen LogP contribution in [-0.2, 0) is 11.2 Å². The van der Waals surface area contributed by atoms with Gasteiger partial charge in [-0.25, -0.2) is 0 Å². The van der Waals surface area contributed by atoms with E-state index < -0.39 is 0 Å². The second kappa shape index (κ2) is 6.36. The summed E-state index contributed by atoms with van der Waals surface area (Å²) in [7, 11) is 0. The third-order valence-corrected chi connectivity index (χ3v) is 3.94. The van der Waals surface area contributed by atoms with E-state index in [2.05, 4.69) is 10.2 Å². The second-order valence-electron chi connectivity index (χ2n) is 5.27. The van der Waals surface area contributed by atoms with Crippen LogP contribution in [0.5, 0.6) is 0 Å². The summed E-state index contributed by atoms with van der Waals surface area (Å²) in [6.45, 7) is 4.49.